The van der Waals surface area contributed by atoms with Crippen molar-refractivity contribution >= 4 is 11.9 Å². The molecular formula is C39H48N2O6. The van der Waals surface area contributed by atoms with Crippen LogP contribution in [0.25, 0.3) is 11.1 Å². The molecule has 1 aliphatic heterocycles. The number of carboxylic acid groups (broad SMARTS) is 1. The summed E-state index contributed by atoms with van der Waals surface area (Å²) in [5.74, 6) is -0.957. The van der Waals surface area contributed by atoms with Gasteiger partial charge >= 0.3 is 5.97 Å². The molecule has 1 heterocycles. The van der Waals surface area contributed by atoms with Crippen molar-refractivity contribution in [3.63, 3.8) is 0 Å². The van der Waals surface area contributed by atoms with Crippen molar-refractivity contribution in [2.75, 3.05) is 13.1 Å². The number of aliphatic hydroxyl groups excluding tert-OH is 1. The van der Waals surface area contributed by atoms with Crippen LogP contribution in [0.4, 0.5) is 0 Å². The zero-order chi connectivity index (χ0) is 33.2. The van der Waals surface area contributed by atoms with E-state index in [0.29, 0.717) is 19.0 Å². The molecule has 1 amide bonds. The second-order valence-electron chi connectivity index (χ2n) is 12.9. The molecule has 8 heteroatoms. The first-order chi connectivity index (χ1) is 22.8. The number of carbonyl (C=O) groups excluding carboxylic acids is 1. The Hall–Kier alpha value is -3.82. The minimum absolute atomic E-state index is 0.000769. The van der Waals surface area contributed by atoms with Gasteiger partial charge in [0.1, 0.15) is 0 Å². The average molecular weight is 641 g/mol. The third-order valence-corrected chi connectivity index (χ3v) is 9.45. The van der Waals surface area contributed by atoms with Gasteiger partial charge in [0, 0.05) is 50.0 Å². The van der Waals surface area contributed by atoms with E-state index in [1.54, 1.807) is 0 Å². The maximum atomic E-state index is 12.2. The second kappa shape index (κ2) is 16.8. The fraction of sp³-hybridized carbons (Fsp3) is 0.436. The number of ether oxygens (including phenoxy) is 2. The summed E-state index contributed by atoms with van der Waals surface area (Å²) in [5, 5.41) is 21.3. The lowest BCUT2D eigenvalue weighted by Gasteiger charge is -2.43. The number of carbonyl (C=O) groups is 2. The molecule has 4 unspecified atom stereocenters. The fourth-order valence-electron chi connectivity index (χ4n) is 6.78. The highest BCUT2D eigenvalue weighted by Crippen LogP contribution is 2.43. The maximum Gasteiger partial charge on any atom is 0.303 e. The number of hydrogen-bond donors (Lipinski definition) is 3. The van der Waals surface area contributed by atoms with Crippen molar-refractivity contribution in [3.05, 3.63) is 108 Å². The zero-order valence-corrected chi connectivity index (χ0v) is 27.4. The molecule has 1 saturated carbocycles. The molecule has 3 N–H and O–H groups in total. The van der Waals surface area contributed by atoms with E-state index in [2.05, 4.69) is 54.1 Å². The minimum atomic E-state index is -0.896. The number of amides is 1. The molecule has 0 bridgehead atoms. The molecule has 8 nitrogen and oxygen atoms in total. The number of rotatable bonds is 15. The third kappa shape index (κ3) is 9.39. The fourth-order valence-corrected chi connectivity index (χ4v) is 6.78. The van der Waals surface area contributed by atoms with Crippen LogP contribution in [0.1, 0.15) is 86.5 Å². The number of nitrogens with one attached hydrogen (secondary N) is 1. The van der Waals surface area contributed by atoms with Crippen molar-refractivity contribution in [1.29, 1.82) is 0 Å². The Morgan fingerprint density at radius 3 is 2.36 bits per heavy atom. The largest absolute Gasteiger partial charge is 0.481 e. The Labute approximate surface area is 278 Å². The van der Waals surface area contributed by atoms with Gasteiger partial charge in [-0.2, -0.15) is 0 Å². The van der Waals surface area contributed by atoms with E-state index in [0.717, 1.165) is 46.5 Å². The van der Waals surface area contributed by atoms with E-state index in [1.165, 1.54) is 25.7 Å². The van der Waals surface area contributed by atoms with E-state index in [9.17, 15) is 14.7 Å². The Kier molecular flexibility index (Phi) is 12.4. The number of aliphatic carboxylic acids is 1. The standard InChI is InChI=1S/C39H48N2O6/c1-3-21-41(34-13-4-5-14-34)25-35-27(2)38(30-19-17-28(26-42)18-20-30)47-39(46-35)33-12-7-11-32(23-33)31-10-6-9-29(22-31)24-40-36(43)15-8-16-37(44)45/h3,6-7,9-12,17-20,22-23,27,34-35,38-39,42H,1,4-5,8,13-16,21,24-26H2,2H3,(H,40,43)(H,44,45). The van der Waals surface area contributed by atoms with Gasteiger partial charge in [-0.1, -0.05) is 86.5 Å². The SMILES string of the molecule is C=CCN(CC1OC(c2cccc(-c3cccc(CNC(=O)CCCC(=O)O)c3)c2)OC(c2ccc(CO)cc2)C1C)C1CCCC1. The van der Waals surface area contributed by atoms with Crippen LogP contribution in [0.15, 0.2) is 85.5 Å². The highest BCUT2D eigenvalue weighted by atomic mass is 16.7. The summed E-state index contributed by atoms with van der Waals surface area (Å²) < 4.78 is 13.6. The molecule has 250 valence electrons. The molecule has 1 saturated heterocycles. The van der Waals surface area contributed by atoms with E-state index < -0.39 is 12.3 Å². The topological polar surface area (TPSA) is 108 Å². The first-order valence-corrected chi connectivity index (χ1v) is 16.9. The predicted octanol–water partition coefficient (Wildman–Crippen LogP) is 6.94. The minimum Gasteiger partial charge on any atom is -0.481 e. The quantitative estimate of drug-likeness (QED) is 0.155. The normalized spacial score (nSPS) is 21.5. The number of aliphatic hydroxyl groups is 1. The van der Waals surface area contributed by atoms with Crippen LogP contribution in [0.3, 0.4) is 0 Å². The summed E-state index contributed by atoms with van der Waals surface area (Å²) in [5.41, 5.74) is 5.86. The first kappa shape index (κ1) is 34.5. The highest BCUT2D eigenvalue weighted by Gasteiger charge is 2.40. The van der Waals surface area contributed by atoms with Gasteiger partial charge in [-0.15, -0.1) is 6.58 Å². The van der Waals surface area contributed by atoms with Crippen molar-refractivity contribution in [2.45, 2.75) is 89.6 Å². The summed E-state index contributed by atoms with van der Waals surface area (Å²) in [4.78, 5) is 25.5. The Balaban J connectivity index is 1.35. The van der Waals surface area contributed by atoms with E-state index in [-0.39, 0.29) is 43.5 Å². The molecule has 4 atom stereocenters. The highest BCUT2D eigenvalue weighted by molar-refractivity contribution is 5.76. The molecular weight excluding hydrogens is 592 g/mol. The van der Waals surface area contributed by atoms with E-state index in [4.69, 9.17) is 14.6 Å². The molecule has 2 aliphatic rings. The molecule has 3 aromatic rings. The average Bonchev–Trinajstić information content (AvgIpc) is 3.63. The van der Waals surface area contributed by atoms with Gasteiger partial charge in [0.05, 0.1) is 18.8 Å². The van der Waals surface area contributed by atoms with Crippen molar-refractivity contribution in [1.82, 2.24) is 10.2 Å². The maximum absolute atomic E-state index is 12.2. The van der Waals surface area contributed by atoms with Crippen LogP contribution in [-0.4, -0.2) is 52.2 Å². The van der Waals surface area contributed by atoms with Crippen molar-refractivity contribution in [3.8, 4) is 11.1 Å². The lowest BCUT2D eigenvalue weighted by atomic mass is 9.89. The Bertz CT molecular complexity index is 1480. The number of hydrogen-bond acceptors (Lipinski definition) is 6. The first-order valence-electron chi connectivity index (χ1n) is 16.9. The van der Waals surface area contributed by atoms with Gasteiger partial charge in [0.15, 0.2) is 6.29 Å². The molecule has 0 spiro atoms. The van der Waals surface area contributed by atoms with Crippen LogP contribution in [0.5, 0.6) is 0 Å². The smallest absolute Gasteiger partial charge is 0.303 e. The lowest BCUT2D eigenvalue weighted by Crippen LogP contribution is -2.47. The van der Waals surface area contributed by atoms with Crippen LogP contribution in [0.2, 0.25) is 0 Å². The molecule has 0 aromatic heterocycles. The van der Waals surface area contributed by atoms with Gasteiger partial charge < -0.3 is 25.0 Å². The van der Waals surface area contributed by atoms with Crippen molar-refractivity contribution in [2.24, 2.45) is 5.92 Å². The Morgan fingerprint density at radius 1 is 0.936 bits per heavy atom. The van der Waals surface area contributed by atoms with Gasteiger partial charge in [-0.25, -0.2) is 0 Å². The number of nitrogens with zero attached hydrogens (tertiary/aromatic N) is 1. The van der Waals surface area contributed by atoms with Gasteiger partial charge in [-0.05, 0) is 59.2 Å². The summed E-state index contributed by atoms with van der Waals surface area (Å²) in [6, 6.07) is 24.9. The monoisotopic (exact) mass is 640 g/mol. The van der Waals surface area contributed by atoms with Gasteiger partial charge in [0.2, 0.25) is 5.91 Å². The zero-order valence-electron chi connectivity index (χ0n) is 27.4. The second-order valence-corrected chi connectivity index (χ2v) is 12.9. The van der Waals surface area contributed by atoms with E-state index in [1.807, 2.05) is 48.5 Å². The summed E-state index contributed by atoms with van der Waals surface area (Å²) in [6.45, 7) is 8.24. The van der Waals surface area contributed by atoms with E-state index >= 15 is 0 Å². The van der Waals surface area contributed by atoms with Crippen LogP contribution in [0, 0.1) is 5.92 Å². The van der Waals surface area contributed by atoms with Crippen LogP contribution in [-0.2, 0) is 32.2 Å². The van der Waals surface area contributed by atoms with Crippen LogP contribution >= 0.6 is 0 Å². The number of benzene rings is 3. The van der Waals surface area contributed by atoms with Crippen molar-refractivity contribution < 1.29 is 29.3 Å². The Morgan fingerprint density at radius 2 is 1.66 bits per heavy atom. The molecule has 47 heavy (non-hydrogen) atoms. The summed E-state index contributed by atoms with van der Waals surface area (Å²) in [6.07, 6.45) is 6.60. The molecule has 5 rings (SSSR count). The summed E-state index contributed by atoms with van der Waals surface area (Å²) in [7, 11) is 0. The van der Waals surface area contributed by atoms with Gasteiger partial charge in [0.25, 0.3) is 0 Å². The van der Waals surface area contributed by atoms with Crippen LogP contribution < -0.4 is 5.32 Å². The predicted molar refractivity (Wildman–Crippen MR) is 182 cm³/mol. The molecule has 3 aromatic carbocycles. The lowest BCUT2D eigenvalue weighted by molar-refractivity contribution is -0.276. The third-order valence-electron chi connectivity index (χ3n) is 9.45. The molecule has 1 aliphatic carbocycles. The summed E-state index contributed by atoms with van der Waals surface area (Å²) >= 11 is 0. The molecule has 0 radical (unpaired) electrons. The van der Waals surface area contributed by atoms with Gasteiger partial charge in [-0.3, -0.25) is 14.5 Å². The number of carboxylic acids is 1. The molecule has 2 fully saturated rings.